The fraction of sp³-hybridized carbons (Fsp3) is 1.00. The highest BCUT2D eigenvalue weighted by Gasteiger charge is 2.34. The van der Waals surface area contributed by atoms with Crippen molar-refractivity contribution in [3.8, 4) is 0 Å². The Labute approximate surface area is 89.6 Å². The Morgan fingerprint density at radius 3 is 2.40 bits per heavy atom. The van der Waals surface area contributed by atoms with Crippen LogP contribution in [0.15, 0.2) is 0 Å². The maximum Gasteiger partial charge on any atom is 0.331 e. The predicted octanol–water partition coefficient (Wildman–Crippen LogP) is 0.839. The van der Waals surface area contributed by atoms with Gasteiger partial charge in [-0.05, 0) is 6.42 Å². The summed E-state index contributed by atoms with van der Waals surface area (Å²) in [6, 6.07) is 0. The van der Waals surface area contributed by atoms with Gasteiger partial charge in [0.15, 0.2) is 0 Å². The first-order valence-corrected chi connectivity index (χ1v) is 6.84. The summed E-state index contributed by atoms with van der Waals surface area (Å²) in [7, 11) is -6.26. The van der Waals surface area contributed by atoms with Crippen molar-refractivity contribution >= 4 is 16.9 Å². The minimum atomic E-state index is -3.41. The summed E-state index contributed by atoms with van der Waals surface area (Å²) in [5.74, 6) is -2.39. The molecule has 0 aliphatic carbocycles. The van der Waals surface area contributed by atoms with Crippen molar-refractivity contribution in [2.24, 2.45) is 0 Å². The fourth-order valence-electron chi connectivity index (χ4n) is 0.978. The van der Waals surface area contributed by atoms with Gasteiger partial charge in [-0.1, -0.05) is 19.8 Å². The summed E-state index contributed by atoms with van der Waals surface area (Å²) in [6.45, 7) is 1.93. The number of unbranched alkanes of at least 4 members (excludes halogenated alkanes) is 2. The van der Waals surface area contributed by atoms with Gasteiger partial charge in [0.05, 0.1) is 0 Å². The van der Waals surface area contributed by atoms with E-state index in [2.05, 4.69) is 9.05 Å². The van der Waals surface area contributed by atoms with E-state index in [0.29, 0.717) is 6.42 Å². The molecule has 0 aromatic rings. The van der Waals surface area contributed by atoms with Crippen molar-refractivity contribution in [2.75, 3.05) is 0 Å². The van der Waals surface area contributed by atoms with Crippen LogP contribution in [0, 0.1) is 0 Å². The first-order chi connectivity index (χ1) is 6.89. The van der Waals surface area contributed by atoms with Crippen molar-refractivity contribution in [1.29, 1.82) is 0 Å². The van der Waals surface area contributed by atoms with Crippen LogP contribution in [-0.2, 0) is 13.6 Å². The zero-order valence-electron chi connectivity index (χ0n) is 8.29. The van der Waals surface area contributed by atoms with Crippen LogP contribution in [0.2, 0.25) is 0 Å². The zero-order chi connectivity index (χ0) is 11.9. The lowest BCUT2D eigenvalue weighted by molar-refractivity contribution is -0.279. The Balaban J connectivity index is 4.20. The molecule has 0 radical (unpaired) electrons. The molecule has 2 unspecified atom stereocenters. The molecule has 15 heavy (non-hydrogen) atoms. The van der Waals surface area contributed by atoms with Crippen LogP contribution in [0.5, 0.6) is 0 Å². The molecule has 0 spiro atoms. The quantitative estimate of drug-likeness (QED) is 0.291. The molecule has 0 amide bonds. The summed E-state index contributed by atoms with van der Waals surface area (Å²) >= 11 is 0. The Morgan fingerprint density at radius 2 is 2.00 bits per heavy atom. The van der Waals surface area contributed by atoms with Gasteiger partial charge < -0.3 is 19.8 Å². The van der Waals surface area contributed by atoms with Gasteiger partial charge in [-0.15, -0.1) is 0 Å². The topological polar surface area (TPSA) is 116 Å². The van der Waals surface area contributed by atoms with Crippen LogP contribution < -0.4 is 0 Å². The minimum absolute atomic E-state index is 0.0994. The zero-order valence-corrected chi connectivity index (χ0v) is 10.2. The molecule has 0 aromatic heterocycles. The standard InChI is InChI=1S/C6H16O7P2/c1-2-3-4-5-6(7,12-14(8)9)13-15(10)11/h7-9,15H,2-5H2,1H3,(H,10,11). The van der Waals surface area contributed by atoms with Crippen molar-refractivity contribution in [3.63, 3.8) is 0 Å². The van der Waals surface area contributed by atoms with E-state index in [1.54, 1.807) is 0 Å². The van der Waals surface area contributed by atoms with Crippen LogP contribution in [0.25, 0.3) is 0 Å². The predicted molar refractivity (Wildman–Crippen MR) is 53.8 cm³/mol. The molecule has 9 heteroatoms. The fourth-order valence-corrected chi connectivity index (χ4v) is 1.85. The summed E-state index contributed by atoms with van der Waals surface area (Å²) in [6.07, 6.45) is 2.01. The number of hydrogen-bond acceptors (Lipinski definition) is 6. The lowest BCUT2D eigenvalue weighted by Gasteiger charge is -2.25. The largest absolute Gasteiger partial charge is 0.343 e. The second-order valence-corrected chi connectivity index (χ2v) is 4.31. The van der Waals surface area contributed by atoms with Crippen molar-refractivity contribution < 1.29 is 33.4 Å². The molecule has 0 aromatic carbocycles. The molecule has 0 aliphatic rings. The van der Waals surface area contributed by atoms with Crippen LogP contribution >= 0.6 is 16.9 Å². The normalized spacial score (nSPS) is 17.7. The first-order valence-electron chi connectivity index (χ1n) is 4.41. The maximum atomic E-state index is 10.4. The van der Waals surface area contributed by atoms with E-state index >= 15 is 0 Å². The molecule has 0 bridgehead atoms. The molecule has 0 fully saturated rings. The second kappa shape index (κ2) is 7.65. The Hall–Kier alpha value is 0.420. The van der Waals surface area contributed by atoms with Crippen LogP contribution in [0.4, 0.5) is 0 Å². The van der Waals surface area contributed by atoms with Crippen molar-refractivity contribution in [3.05, 3.63) is 0 Å². The highest BCUT2D eigenvalue weighted by atomic mass is 31.2. The van der Waals surface area contributed by atoms with Crippen LogP contribution in [0.3, 0.4) is 0 Å². The van der Waals surface area contributed by atoms with E-state index in [1.807, 2.05) is 6.92 Å². The van der Waals surface area contributed by atoms with Gasteiger partial charge in [0, 0.05) is 6.42 Å². The van der Waals surface area contributed by atoms with Gasteiger partial charge in [0.25, 0.3) is 5.97 Å². The Kier molecular flexibility index (Phi) is 7.87. The molecule has 4 N–H and O–H groups in total. The van der Waals surface area contributed by atoms with Crippen LogP contribution in [0.1, 0.15) is 32.6 Å². The van der Waals surface area contributed by atoms with E-state index in [-0.39, 0.29) is 6.42 Å². The van der Waals surface area contributed by atoms with E-state index in [0.717, 1.165) is 12.8 Å². The molecule has 92 valence electrons. The average molecular weight is 262 g/mol. The van der Waals surface area contributed by atoms with E-state index in [9.17, 15) is 9.67 Å². The van der Waals surface area contributed by atoms with Gasteiger partial charge >= 0.3 is 16.9 Å². The van der Waals surface area contributed by atoms with Gasteiger partial charge in [0.1, 0.15) is 0 Å². The van der Waals surface area contributed by atoms with Gasteiger partial charge in [-0.2, -0.15) is 0 Å². The molecule has 0 rings (SSSR count). The van der Waals surface area contributed by atoms with Gasteiger partial charge in [-0.25, -0.2) is 0 Å². The molecular formula is C6H16O7P2. The molecule has 2 atom stereocenters. The minimum Gasteiger partial charge on any atom is -0.343 e. The molecular weight excluding hydrogens is 246 g/mol. The molecule has 0 saturated heterocycles. The van der Waals surface area contributed by atoms with Gasteiger partial charge in [0.2, 0.25) is 0 Å². The number of rotatable bonds is 8. The first kappa shape index (κ1) is 15.4. The monoisotopic (exact) mass is 262 g/mol. The Morgan fingerprint density at radius 1 is 1.40 bits per heavy atom. The summed E-state index contributed by atoms with van der Waals surface area (Å²) in [5.41, 5.74) is 0. The van der Waals surface area contributed by atoms with Gasteiger partial charge in [-0.3, -0.25) is 13.6 Å². The summed E-state index contributed by atoms with van der Waals surface area (Å²) < 4.78 is 18.9. The van der Waals surface area contributed by atoms with Crippen LogP contribution in [-0.4, -0.2) is 25.8 Å². The van der Waals surface area contributed by atoms with E-state index in [4.69, 9.17) is 14.7 Å². The third-order valence-electron chi connectivity index (χ3n) is 1.57. The lowest BCUT2D eigenvalue weighted by atomic mass is 10.2. The van der Waals surface area contributed by atoms with E-state index in [1.165, 1.54) is 0 Å². The third-order valence-corrected chi connectivity index (χ3v) is 2.51. The molecule has 0 saturated carbocycles. The van der Waals surface area contributed by atoms with Crippen molar-refractivity contribution in [1.82, 2.24) is 0 Å². The highest BCUT2D eigenvalue weighted by molar-refractivity contribution is 7.39. The summed E-state index contributed by atoms with van der Waals surface area (Å²) in [4.78, 5) is 25.6. The van der Waals surface area contributed by atoms with E-state index < -0.39 is 22.8 Å². The highest BCUT2D eigenvalue weighted by Crippen LogP contribution is 2.39. The number of aliphatic hydroxyl groups is 1. The smallest absolute Gasteiger partial charge is 0.331 e. The SMILES string of the molecule is CCCCCC(O)(OP(O)O)O[PH](=O)O. The molecule has 7 nitrogen and oxygen atoms in total. The Bertz CT molecular complexity index is 200. The number of hydrogen-bond donors (Lipinski definition) is 4. The second-order valence-electron chi connectivity index (χ2n) is 2.88. The average Bonchev–Trinajstić information content (AvgIpc) is 2.00. The lowest BCUT2D eigenvalue weighted by Crippen LogP contribution is -2.31. The third kappa shape index (κ3) is 8.25. The summed E-state index contributed by atoms with van der Waals surface area (Å²) in [5, 5.41) is 9.50. The maximum absolute atomic E-state index is 10.4. The molecule has 0 aliphatic heterocycles. The molecule has 0 heterocycles. The van der Waals surface area contributed by atoms with Crippen molar-refractivity contribution in [2.45, 2.75) is 38.6 Å².